The van der Waals surface area contributed by atoms with Gasteiger partial charge < -0.3 is 14.9 Å². The van der Waals surface area contributed by atoms with Crippen LogP contribution in [0.1, 0.15) is 13.3 Å². The zero-order valence-corrected chi connectivity index (χ0v) is 13.3. The number of nitrogens with zero attached hydrogens (tertiary/aromatic N) is 2. The van der Waals surface area contributed by atoms with E-state index in [-0.39, 0.29) is 25.2 Å². The molecular weight excluding hydrogens is 322 g/mol. The lowest BCUT2D eigenvalue weighted by Crippen LogP contribution is -2.40. The van der Waals surface area contributed by atoms with Gasteiger partial charge in [-0.15, -0.1) is 0 Å². The number of carbonyl (C=O) groups excluding carboxylic acids is 2. The van der Waals surface area contributed by atoms with Crippen molar-refractivity contribution in [3.05, 3.63) is 29.8 Å². The van der Waals surface area contributed by atoms with Crippen molar-refractivity contribution in [1.29, 1.82) is 0 Å². The van der Waals surface area contributed by atoms with Crippen LogP contribution in [0.2, 0.25) is 0 Å². The van der Waals surface area contributed by atoms with E-state index in [1.165, 1.54) is 23.8 Å². The first kappa shape index (κ1) is 17.8. The van der Waals surface area contributed by atoms with E-state index in [1.54, 1.807) is 0 Å². The molecule has 2 atom stereocenters. The summed E-state index contributed by atoms with van der Waals surface area (Å²) in [4.78, 5) is 38.0. The number of hydrogen-bond donors (Lipinski definition) is 1. The first-order chi connectivity index (χ1) is 11.2. The summed E-state index contributed by atoms with van der Waals surface area (Å²) in [7, 11) is 1.43. The predicted molar refractivity (Wildman–Crippen MR) is 81.3 cm³/mol. The van der Waals surface area contributed by atoms with E-state index in [4.69, 9.17) is 5.11 Å². The summed E-state index contributed by atoms with van der Waals surface area (Å²) < 4.78 is 26.6. The molecule has 1 N–H and O–H groups in total. The van der Waals surface area contributed by atoms with Gasteiger partial charge >= 0.3 is 5.97 Å². The molecule has 1 fully saturated rings. The second-order valence-corrected chi connectivity index (χ2v) is 5.92. The maximum atomic E-state index is 13.3. The minimum atomic E-state index is -1.04. The van der Waals surface area contributed by atoms with Crippen molar-refractivity contribution in [2.45, 2.75) is 13.3 Å². The third-order valence-corrected chi connectivity index (χ3v) is 4.01. The molecule has 1 aromatic rings. The number of anilines is 1. The molecule has 6 nitrogen and oxygen atoms in total. The summed E-state index contributed by atoms with van der Waals surface area (Å²) >= 11 is 0. The van der Waals surface area contributed by atoms with Crippen molar-refractivity contribution in [2.24, 2.45) is 11.8 Å². The zero-order valence-electron chi connectivity index (χ0n) is 13.3. The van der Waals surface area contributed by atoms with Gasteiger partial charge in [0.15, 0.2) is 0 Å². The molecule has 0 saturated carbocycles. The molecule has 1 heterocycles. The molecule has 24 heavy (non-hydrogen) atoms. The molecule has 2 rings (SSSR count). The SMILES string of the molecule is C[C@@H](CN(C)C(=O)[C@@H]1CCN(c2cc(F)cc(F)c2)C1=O)C(=O)O. The summed E-state index contributed by atoms with van der Waals surface area (Å²) in [5.41, 5.74) is 0.0642. The minimum Gasteiger partial charge on any atom is -0.481 e. The van der Waals surface area contributed by atoms with E-state index in [0.29, 0.717) is 6.07 Å². The van der Waals surface area contributed by atoms with Crippen molar-refractivity contribution in [2.75, 3.05) is 25.0 Å². The fourth-order valence-corrected chi connectivity index (χ4v) is 2.71. The molecule has 0 unspecified atom stereocenters. The van der Waals surface area contributed by atoms with Gasteiger partial charge in [0.25, 0.3) is 0 Å². The number of halogens is 2. The number of hydrogen-bond acceptors (Lipinski definition) is 3. The monoisotopic (exact) mass is 340 g/mol. The van der Waals surface area contributed by atoms with Gasteiger partial charge in [-0.05, 0) is 18.6 Å². The Hall–Kier alpha value is -2.51. The summed E-state index contributed by atoms with van der Waals surface area (Å²) in [6.07, 6.45) is 0.210. The Kier molecular flexibility index (Phi) is 5.16. The van der Waals surface area contributed by atoms with Crippen molar-refractivity contribution in [3.63, 3.8) is 0 Å². The average Bonchev–Trinajstić information content (AvgIpc) is 2.86. The first-order valence-electron chi connectivity index (χ1n) is 7.46. The fraction of sp³-hybridized carbons (Fsp3) is 0.438. The number of carbonyl (C=O) groups is 3. The Morgan fingerprint density at radius 3 is 2.46 bits per heavy atom. The number of amides is 2. The van der Waals surface area contributed by atoms with Crippen LogP contribution in [-0.2, 0) is 14.4 Å². The lowest BCUT2D eigenvalue weighted by Gasteiger charge is -2.22. The molecule has 0 radical (unpaired) electrons. The smallest absolute Gasteiger partial charge is 0.308 e. The van der Waals surface area contributed by atoms with Crippen LogP contribution in [0.3, 0.4) is 0 Å². The summed E-state index contributed by atoms with van der Waals surface area (Å²) in [5, 5.41) is 8.89. The predicted octanol–water partition coefficient (Wildman–Crippen LogP) is 1.50. The number of aliphatic carboxylic acids is 1. The van der Waals surface area contributed by atoms with E-state index >= 15 is 0 Å². The van der Waals surface area contributed by atoms with Crippen molar-refractivity contribution in [3.8, 4) is 0 Å². The highest BCUT2D eigenvalue weighted by Crippen LogP contribution is 2.27. The molecule has 0 aliphatic carbocycles. The Morgan fingerprint density at radius 2 is 1.92 bits per heavy atom. The molecule has 1 aliphatic heterocycles. The van der Waals surface area contributed by atoms with E-state index in [9.17, 15) is 23.2 Å². The van der Waals surface area contributed by atoms with E-state index in [0.717, 1.165) is 12.1 Å². The molecule has 130 valence electrons. The van der Waals surface area contributed by atoms with Crippen LogP contribution in [0, 0.1) is 23.5 Å². The second-order valence-electron chi connectivity index (χ2n) is 5.92. The van der Waals surface area contributed by atoms with Gasteiger partial charge in [0.05, 0.1) is 5.92 Å². The quantitative estimate of drug-likeness (QED) is 0.824. The van der Waals surface area contributed by atoms with Gasteiger partial charge in [-0.3, -0.25) is 14.4 Å². The van der Waals surface area contributed by atoms with Crippen LogP contribution in [0.25, 0.3) is 0 Å². The molecule has 8 heteroatoms. The highest BCUT2D eigenvalue weighted by Gasteiger charge is 2.39. The summed E-state index contributed by atoms with van der Waals surface area (Å²) in [5.74, 6) is -5.41. The van der Waals surface area contributed by atoms with Crippen molar-refractivity contribution < 1.29 is 28.3 Å². The number of rotatable bonds is 5. The maximum absolute atomic E-state index is 13.3. The standard InChI is InChI=1S/C16H18F2N2O4/c1-9(16(23)24)8-19(2)14(21)13-3-4-20(15(13)22)12-6-10(17)5-11(18)7-12/h5-7,9,13H,3-4,8H2,1-2H3,(H,23,24)/t9-,13-/m0/s1. The van der Waals surface area contributed by atoms with Gasteiger partial charge in [-0.25, -0.2) is 8.78 Å². The normalized spacial score (nSPS) is 18.6. The Bertz CT molecular complexity index is 660. The lowest BCUT2D eigenvalue weighted by atomic mass is 10.1. The Balaban J connectivity index is 2.10. The number of benzene rings is 1. The van der Waals surface area contributed by atoms with E-state index in [1.807, 2.05) is 0 Å². The Labute approximate surface area is 137 Å². The zero-order chi connectivity index (χ0) is 18.0. The highest BCUT2D eigenvalue weighted by molar-refractivity contribution is 6.09. The second kappa shape index (κ2) is 6.94. The van der Waals surface area contributed by atoms with E-state index < -0.39 is 41.3 Å². The molecule has 1 aromatic carbocycles. The molecular formula is C16H18F2N2O4. The molecule has 1 aliphatic rings. The van der Waals surface area contributed by atoms with Crippen molar-refractivity contribution in [1.82, 2.24) is 4.90 Å². The maximum Gasteiger partial charge on any atom is 0.308 e. The molecule has 1 saturated heterocycles. The van der Waals surface area contributed by atoms with Crippen LogP contribution < -0.4 is 4.90 Å². The minimum absolute atomic E-state index is 0.0213. The number of carboxylic acid groups (broad SMARTS) is 1. The van der Waals surface area contributed by atoms with Crippen LogP contribution >= 0.6 is 0 Å². The molecule has 0 spiro atoms. The van der Waals surface area contributed by atoms with Crippen LogP contribution in [0.15, 0.2) is 18.2 Å². The fourth-order valence-electron chi connectivity index (χ4n) is 2.71. The third-order valence-electron chi connectivity index (χ3n) is 4.01. The molecule has 0 bridgehead atoms. The van der Waals surface area contributed by atoms with Gasteiger partial charge in [-0.2, -0.15) is 0 Å². The molecule has 0 aromatic heterocycles. The van der Waals surface area contributed by atoms with Crippen molar-refractivity contribution >= 4 is 23.5 Å². The summed E-state index contributed by atoms with van der Waals surface area (Å²) in [6.45, 7) is 1.61. The third kappa shape index (κ3) is 3.69. The van der Waals surface area contributed by atoms with Gasteiger partial charge in [0.2, 0.25) is 11.8 Å². The molecule has 2 amide bonds. The van der Waals surface area contributed by atoms with Crippen LogP contribution in [0.4, 0.5) is 14.5 Å². The number of carboxylic acids is 1. The van der Waals surface area contributed by atoms with Gasteiger partial charge in [0.1, 0.15) is 17.6 Å². The highest BCUT2D eigenvalue weighted by atomic mass is 19.1. The topological polar surface area (TPSA) is 77.9 Å². The van der Waals surface area contributed by atoms with Gasteiger partial charge in [-0.1, -0.05) is 6.92 Å². The van der Waals surface area contributed by atoms with E-state index in [2.05, 4.69) is 0 Å². The average molecular weight is 340 g/mol. The Morgan fingerprint density at radius 1 is 1.33 bits per heavy atom. The van der Waals surface area contributed by atoms with Gasteiger partial charge in [0, 0.05) is 31.9 Å². The first-order valence-corrected chi connectivity index (χ1v) is 7.46. The van der Waals surface area contributed by atoms with Crippen LogP contribution in [0.5, 0.6) is 0 Å². The lowest BCUT2D eigenvalue weighted by molar-refractivity contribution is -0.143. The summed E-state index contributed by atoms with van der Waals surface area (Å²) in [6, 6.07) is 2.77. The van der Waals surface area contributed by atoms with Crippen LogP contribution in [-0.4, -0.2) is 47.9 Å². The largest absolute Gasteiger partial charge is 0.481 e.